The highest BCUT2D eigenvalue weighted by molar-refractivity contribution is 5.88. The molecule has 1 fully saturated rings. The van der Waals surface area contributed by atoms with Gasteiger partial charge in [0.1, 0.15) is 12.4 Å². The van der Waals surface area contributed by atoms with Gasteiger partial charge in [-0.3, -0.25) is 4.79 Å². The van der Waals surface area contributed by atoms with Crippen molar-refractivity contribution in [3.05, 3.63) is 65.7 Å². The molecule has 1 saturated heterocycles. The molecule has 0 unspecified atom stereocenters. The van der Waals surface area contributed by atoms with Crippen LogP contribution in [0.15, 0.2) is 54.6 Å². The molecule has 27 heavy (non-hydrogen) atoms. The summed E-state index contributed by atoms with van der Waals surface area (Å²) in [6, 6.07) is 18.2. The van der Waals surface area contributed by atoms with Crippen LogP contribution in [-0.4, -0.2) is 32.3 Å². The smallest absolute Gasteiger partial charge is 0.230 e. The first-order chi connectivity index (χ1) is 13.2. The lowest BCUT2D eigenvalue weighted by Gasteiger charge is -2.36. The minimum Gasteiger partial charge on any atom is -0.492 e. The van der Waals surface area contributed by atoms with Crippen molar-refractivity contribution in [2.24, 2.45) is 0 Å². The van der Waals surface area contributed by atoms with Crippen LogP contribution in [0.25, 0.3) is 0 Å². The topological polar surface area (TPSA) is 47.6 Å². The molecule has 0 aliphatic carbocycles. The zero-order valence-corrected chi connectivity index (χ0v) is 16.1. The number of rotatable bonds is 8. The summed E-state index contributed by atoms with van der Waals surface area (Å²) >= 11 is 0. The highest BCUT2D eigenvalue weighted by atomic mass is 16.5. The number of hydrogen-bond donors (Lipinski definition) is 1. The maximum absolute atomic E-state index is 13.0. The number of amides is 1. The lowest BCUT2D eigenvalue weighted by atomic mass is 9.73. The molecule has 3 rings (SSSR count). The normalized spacial score (nSPS) is 15.9. The fourth-order valence-electron chi connectivity index (χ4n) is 3.67. The van der Waals surface area contributed by atoms with Gasteiger partial charge in [-0.05, 0) is 42.5 Å². The molecule has 144 valence electrons. The number of carbonyl (C=O) groups excluding carboxylic acids is 1. The lowest BCUT2D eigenvalue weighted by Crippen LogP contribution is -2.48. The number of nitrogens with one attached hydrogen (secondary N) is 1. The van der Waals surface area contributed by atoms with E-state index in [0.717, 1.165) is 24.2 Å². The van der Waals surface area contributed by atoms with Crippen molar-refractivity contribution < 1.29 is 14.3 Å². The van der Waals surface area contributed by atoms with Crippen molar-refractivity contribution in [2.45, 2.75) is 38.0 Å². The summed E-state index contributed by atoms with van der Waals surface area (Å²) in [5, 5.41) is 3.07. The monoisotopic (exact) mass is 367 g/mol. The second-order valence-corrected chi connectivity index (χ2v) is 7.06. The molecule has 1 aliphatic heterocycles. The van der Waals surface area contributed by atoms with Gasteiger partial charge < -0.3 is 14.8 Å². The lowest BCUT2D eigenvalue weighted by molar-refractivity contribution is -0.130. The molecule has 1 N–H and O–H groups in total. The van der Waals surface area contributed by atoms with Crippen molar-refractivity contribution >= 4 is 5.91 Å². The Morgan fingerprint density at radius 1 is 1.07 bits per heavy atom. The summed E-state index contributed by atoms with van der Waals surface area (Å²) in [5.41, 5.74) is 1.89. The zero-order chi connectivity index (χ0) is 19.0. The summed E-state index contributed by atoms with van der Waals surface area (Å²) in [5.74, 6) is 0.909. The standard InChI is InChI=1S/C23H29NO3/c1-2-6-19-9-11-21(12-10-19)27-18-15-24-22(25)23(13-16-26-17-14-23)20-7-4-3-5-8-20/h3-5,7-12H,2,6,13-18H2,1H3,(H,24,25). The van der Waals surface area contributed by atoms with Gasteiger partial charge in [0.25, 0.3) is 0 Å². The molecule has 0 aromatic heterocycles. The summed E-state index contributed by atoms with van der Waals surface area (Å²) in [6.07, 6.45) is 3.65. The first kappa shape index (κ1) is 19.4. The third kappa shape index (κ3) is 4.89. The molecule has 2 aromatic carbocycles. The SMILES string of the molecule is CCCc1ccc(OCCNC(=O)C2(c3ccccc3)CCOCC2)cc1. The van der Waals surface area contributed by atoms with Gasteiger partial charge in [-0.2, -0.15) is 0 Å². The minimum absolute atomic E-state index is 0.0684. The van der Waals surface area contributed by atoms with Crippen LogP contribution in [0.4, 0.5) is 0 Å². The Hall–Kier alpha value is -2.33. The molecule has 2 aromatic rings. The minimum atomic E-state index is -0.499. The van der Waals surface area contributed by atoms with Crippen molar-refractivity contribution in [1.82, 2.24) is 5.32 Å². The van der Waals surface area contributed by atoms with Crippen molar-refractivity contribution in [1.29, 1.82) is 0 Å². The van der Waals surface area contributed by atoms with Gasteiger partial charge in [0.05, 0.1) is 12.0 Å². The maximum Gasteiger partial charge on any atom is 0.230 e. The second kappa shape index (κ2) is 9.56. The predicted molar refractivity (Wildman–Crippen MR) is 107 cm³/mol. The van der Waals surface area contributed by atoms with Crippen LogP contribution < -0.4 is 10.1 Å². The summed E-state index contributed by atoms with van der Waals surface area (Å²) in [6.45, 7) is 4.35. The van der Waals surface area contributed by atoms with Gasteiger partial charge in [0.15, 0.2) is 0 Å². The van der Waals surface area contributed by atoms with E-state index in [0.29, 0.717) is 39.2 Å². The first-order valence-corrected chi connectivity index (χ1v) is 9.88. The highest BCUT2D eigenvalue weighted by Gasteiger charge is 2.41. The van der Waals surface area contributed by atoms with Gasteiger partial charge in [0.2, 0.25) is 5.91 Å². The van der Waals surface area contributed by atoms with Gasteiger partial charge in [-0.25, -0.2) is 0 Å². The highest BCUT2D eigenvalue weighted by Crippen LogP contribution is 2.35. The Kier molecular flexibility index (Phi) is 6.88. The van der Waals surface area contributed by atoms with Gasteiger partial charge >= 0.3 is 0 Å². The molecule has 0 spiro atoms. The number of ether oxygens (including phenoxy) is 2. The van der Waals surface area contributed by atoms with E-state index in [2.05, 4.69) is 24.4 Å². The van der Waals surface area contributed by atoms with Crippen molar-refractivity contribution in [3.8, 4) is 5.75 Å². The third-order valence-corrected chi connectivity index (χ3v) is 5.23. The molecule has 0 atom stereocenters. The molecule has 1 aliphatic rings. The van der Waals surface area contributed by atoms with E-state index < -0.39 is 5.41 Å². The first-order valence-electron chi connectivity index (χ1n) is 9.88. The Morgan fingerprint density at radius 2 is 1.78 bits per heavy atom. The molecule has 1 heterocycles. The molecule has 1 amide bonds. The van der Waals surface area contributed by atoms with E-state index in [4.69, 9.17) is 9.47 Å². The van der Waals surface area contributed by atoms with Crippen LogP contribution in [0, 0.1) is 0 Å². The van der Waals surface area contributed by atoms with E-state index in [1.165, 1.54) is 5.56 Å². The Balaban J connectivity index is 1.54. The summed E-state index contributed by atoms with van der Waals surface area (Å²) in [4.78, 5) is 13.0. The molecule has 4 heteroatoms. The average molecular weight is 367 g/mol. The van der Waals surface area contributed by atoms with Crippen LogP contribution in [0.3, 0.4) is 0 Å². The van der Waals surface area contributed by atoms with Crippen LogP contribution in [0.2, 0.25) is 0 Å². The van der Waals surface area contributed by atoms with Crippen LogP contribution >= 0.6 is 0 Å². The van der Waals surface area contributed by atoms with Crippen LogP contribution in [-0.2, 0) is 21.4 Å². The summed E-state index contributed by atoms with van der Waals surface area (Å²) < 4.78 is 11.3. The van der Waals surface area contributed by atoms with E-state index in [1.807, 2.05) is 42.5 Å². The third-order valence-electron chi connectivity index (χ3n) is 5.23. The number of benzene rings is 2. The van der Waals surface area contributed by atoms with Crippen molar-refractivity contribution in [3.63, 3.8) is 0 Å². The van der Waals surface area contributed by atoms with Crippen molar-refractivity contribution in [2.75, 3.05) is 26.4 Å². The second-order valence-electron chi connectivity index (χ2n) is 7.06. The van der Waals surface area contributed by atoms with Gasteiger partial charge in [-0.15, -0.1) is 0 Å². The van der Waals surface area contributed by atoms with E-state index >= 15 is 0 Å². The number of hydrogen-bond acceptors (Lipinski definition) is 3. The zero-order valence-electron chi connectivity index (χ0n) is 16.1. The van der Waals surface area contributed by atoms with Gasteiger partial charge in [0, 0.05) is 13.2 Å². The van der Waals surface area contributed by atoms with Gasteiger partial charge in [-0.1, -0.05) is 55.8 Å². The fraction of sp³-hybridized carbons (Fsp3) is 0.435. The molecule has 4 nitrogen and oxygen atoms in total. The molecular formula is C23H29NO3. The predicted octanol–water partition coefficient (Wildman–Crippen LogP) is 3.88. The molecular weight excluding hydrogens is 338 g/mol. The Labute approximate surface area is 161 Å². The van der Waals surface area contributed by atoms with Crippen LogP contribution in [0.5, 0.6) is 5.75 Å². The Morgan fingerprint density at radius 3 is 2.44 bits per heavy atom. The van der Waals surface area contributed by atoms with E-state index in [1.54, 1.807) is 0 Å². The average Bonchev–Trinajstić information content (AvgIpc) is 2.73. The maximum atomic E-state index is 13.0. The summed E-state index contributed by atoms with van der Waals surface area (Å²) in [7, 11) is 0. The molecule has 0 radical (unpaired) electrons. The van der Waals surface area contributed by atoms with E-state index in [9.17, 15) is 4.79 Å². The fourth-order valence-corrected chi connectivity index (χ4v) is 3.67. The molecule has 0 saturated carbocycles. The number of carbonyl (C=O) groups is 1. The van der Waals surface area contributed by atoms with Crippen LogP contribution in [0.1, 0.15) is 37.3 Å². The quantitative estimate of drug-likeness (QED) is 0.720. The van der Waals surface area contributed by atoms with E-state index in [-0.39, 0.29) is 5.91 Å². The number of aryl methyl sites for hydroxylation is 1. The Bertz CT molecular complexity index is 706. The molecule has 0 bridgehead atoms. The largest absolute Gasteiger partial charge is 0.492 e.